The van der Waals surface area contributed by atoms with Crippen LogP contribution in [0.3, 0.4) is 0 Å². The number of hydrogen-bond donors (Lipinski definition) is 1. The number of hydrogen-bond acceptors (Lipinski definition) is 6. The highest BCUT2D eigenvalue weighted by Gasteiger charge is 2.45. The molecule has 1 fully saturated rings. The third-order valence-electron chi connectivity index (χ3n) is 4.48. The van der Waals surface area contributed by atoms with Crippen molar-refractivity contribution in [2.24, 2.45) is 5.92 Å². The van der Waals surface area contributed by atoms with Crippen molar-refractivity contribution in [3.05, 3.63) is 35.1 Å². The van der Waals surface area contributed by atoms with Crippen LogP contribution in [0.25, 0.3) is 4.85 Å². The van der Waals surface area contributed by atoms with Crippen molar-refractivity contribution >= 4 is 11.6 Å². The summed E-state index contributed by atoms with van der Waals surface area (Å²) in [7, 11) is 0. The van der Waals surface area contributed by atoms with Crippen molar-refractivity contribution in [3.8, 4) is 11.9 Å². The average molecular weight is 387 g/mol. The lowest BCUT2D eigenvalue weighted by Gasteiger charge is -2.34. The van der Waals surface area contributed by atoms with E-state index in [-0.39, 0.29) is 42.8 Å². The number of nitrogens with zero attached hydrogens (tertiary/aromatic N) is 6. The second-order valence-corrected chi connectivity index (χ2v) is 7.27. The van der Waals surface area contributed by atoms with Gasteiger partial charge in [0, 0.05) is 32.6 Å². The van der Waals surface area contributed by atoms with Crippen LogP contribution in [-0.4, -0.2) is 32.3 Å². The first kappa shape index (κ1) is 19.5. The summed E-state index contributed by atoms with van der Waals surface area (Å²) in [5.41, 5.74) is 0.531. The molecule has 0 spiro atoms. The Balaban J connectivity index is 1.75. The predicted molar refractivity (Wildman–Crippen MR) is 96.1 cm³/mol. The first-order valence-corrected chi connectivity index (χ1v) is 8.64. The summed E-state index contributed by atoms with van der Waals surface area (Å²) >= 11 is 0. The Bertz CT molecular complexity index is 963. The van der Waals surface area contributed by atoms with Crippen LogP contribution in [-0.2, 0) is 5.66 Å². The fourth-order valence-electron chi connectivity index (χ4n) is 2.75. The van der Waals surface area contributed by atoms with Crippen LogP contribution in [0, 0.1) is 30.7 Å². The molecule has 0 atom stereocenters. The highest BCUT2D eigenvalue weighted by molar-refractivity contribution is 5.56. The first-order chi connectivity index (χ1) is 13.1. The molecule has 0 aliphatic heterocycles. The standard InChI is InChI=1S/C18H19F2N7O/c1-11-14(9-27(26-11)17(2,3)22-4)24-16-23-8-13(7-21)15(25-16)28-10-12-5-18(19,20)6-12/h8-9,12H,5-6,10H2,1-3H3,(H,23,24,25). The minimum Gasteiger partial charge on any atom is -0.476 e. The van der Waals surface area contributed by atoms with Gasteiger partial charge in [-0.05, 0) is 6.92 Å². The molecule has 0 bridgehead atoms. The van der Waals surface area contributed by atoms with Gasteiger partial charge in [0.1, 0.15) is 11.6 Å². The Labute approximate surface area is 161 Å². The summed E-state index contributed by atoms with van der Waals surface area (Å²) in [5.74, 6) is -2.66. The number of halogens is 2. The van der Waals surface area contributed by atoms with Gasteiger partial charge in [-0.25, -0.2) is 20.3 Å². The van der Waals surface area contributed by atoms with Crippen molar-refractivity contribution in [3.63, 3.8) is 0 Å². The Kier molecular flexibility index (Phi) is 4.90. The summed E-state index contributed by atoms with van der Waals surface area (Å²) in [6.45, 7) is 12.6. The van der Waals surface area contributed by atoms with Crippen molar-refractivity contribution < 1.29 is 13.5 Å². The van der Waals surface area contributed by atoms with Crippen LogP contribution in [0.4, 0.5) is 20.4 Å². The van der Waals surface area contributed by atoms with Crippen LogP contribution in [0.15, 0.2) is 12.4 Å². The van der Waals surface area contributed by atoms with E-state index in [0.29, 0.717) is 11.4 Å². The summed E-state index contributed by atoms with van der Waals surface area (Å²) in [6.07, 6.45) is 2.54. The maximum absolute atomic E-state index is 12.9. The van der Waals surface area contributed by atoms with Gasteiger partial charge >= 0.3 is 5.66 Å². The number of rotatable bonds is 6. The first-order valence-electron chi connectivity index (χ1n) is 8.64. The molecule has 3 rings (SSSR count). The van der Waals surface area contributed by atoms with Gasteiger partial charge in [-0.2, -0.15) is 20.0 Å². The number of anilines is 2. The van der Waals surface area contributed by atoms with Gasteiger partial charge in [0.15, 0.2) is 0 Å². The molecule has 2 heterocycles. The highest BCUT2D eigenvalue weighted by atomic mass is 19.3. The number of ether oxygens (including phenoxy) is 1. The third kappa shape index (κ3) is 4.01. The van der Waals surface area contributed by atoms with E-state index in [4.69, 9.17) is 11.3 Å². The molecule has 10 heteroatoms. The fraction of sp³-hybridized carbons (Fsp3) is 0.500. The van der Waals surface area contributed by atoms with E-state index in [1.165, 1.54) is 10.9 Å². The smallest absolute Gasteiger partial charge is 0.319 e. The zero-order valence-corrected chi connectivity index (χ0v) is 15.7. The molecule has 28 heavy (non-hydrogen) atoms. The van der Waals surface area contributed by atoms with E-state index < -0.39 is 11.6 Å². The van der Waals surface area contributed by atoms with Gasteiger partial charge < -0.3 is 10.1 Å². The average Bonchev–Trinajstić information content (AvgIpc) is 2.99. The molecule has 1 aliphatic carbocycles. The Morgan fingerprint density at radius 2 is 2.21 bits per heavy atom. The molecule has 1 N–H and O–H groups in total. The van der Waals surface area contributed by atoms with E-state index in [0.717, 1.165) is 0 Å². The SMILES string of the molecule is [C-]#[N+]C(C)(C)n1cc(Nc2ncc(C#N)c(OCC3CC(F)(F)C3)n2)c(C)n1. The Hall–Kier alpha value is -3.27. The topological polar surface area (TPSA) is 93.0 Å². The van der Waals surface area contributed by atoms with Crippen LogP contribution in [0.2, 0.25) is 0 Å². The zero-order valence-electron chi connectivity index (χ0n) is 15.7. The van der Waals surface area contributed by atoms with Gasteiger partial charge in [-0.1, -0.05) is 0 Å². The van der Waals surface area contributed by atoms with E-state index >= 15 is 0 Å². The van der Waals surface area contributed by atoms with Gasteiger partial charge in [0.25, 0.3) is 0 Å². The number of nitriles is 1. The molecule has 8 nitrogen and oxygen atoms in total. The summed E-state index contributed by atoms with van der Waals surface area (Å²) in [5, 5.41) is 16.5. The maximum Gasteiger partial charge on any atom is 0.319 e. The molecule has 0 aromatic carbocycles. The molecule has 1 aliphatic rings. The molecule has 0 amide bonds. The summed E-state index contributed by atoms with van der Waals surface area (Å²) < 4.78 is 32.9. The van der Waals surface area contributed by atoms with Crippen molar-refractivity contribution in [1.82, 2.24) is 19.7 Å². The second kappa shape index (κ2) is 7.04. The lowest BCUT2D eigenvalue weighted by molar-refractivity contribution is -0.119. The summed E-state index contributed by atoms with van der Waals surface area (Å²) in [6, 6.07) is 1.93. The molecule has 2 aromatic heterocycles. The normalized spacial score (nSPS) is 16.0. The van der Waals surface area contributed by atoms with Gasteiger partial charge in [0.2, 0.25) is 17.8 Å². The third-order valence-corrected chi connectivity index (χ3v) is 4.48. The predicted octanol–water partition coefficient (Wildman–Crippen LogP) is 3.63. The molecule has 146 valence electrons. The molecular formula is C18H19F2N7O. The van der Waals surface area contributed by atoms with Crippen molar-refractivity contribution in [2.45, 2.75) is 45.2 Å². The summed E-state index contributed by atoms with van der Waals surface area (Å²) in [4.78, 5) is 11.8. The van der Waals surface area contributed by atoms with Crippen molar-refractivity contribution in [2.75, 3.05) is 11.9 Å². The van der Waals surface area contributed by atoms with E-state index in [9.17, 15) is 14.0 Å². The van der Waals surface area contributed by atoms with Crippen LogP contribution in [0.5, 0.6) is 5.88 Å². The minimum atomic E-state index is -2.62. The molecule has 2 aromatic rings. The van der Waals surface area contributed by atoms with E-state index in [1.807, 2.05) is 6.07 Å². The monoisotopic (exact) mass is 387 g/mol. The molecule has 0 radical (unpaired) electrons. The maximum atomic E-state index is 12.9. The fourth-order valence-corrected chi connectivity index (χ4v) is 2.75. The largest absolute Gasteiger partial charge is 0.476 e. The number of aromatic nitrogens is 4. The van der Waals surface area contributed by atoms with Gasteiger partial charge in [-0.15, -0.1) is 0 Å². The second-order valence-electron chi connectivity index (χ2n) is 7.27. The number of aryl methyl sites for hydroxylation is 1. The Morgan fingerprint density at radius 1 is 1.50 bits per heavy atom. The molecule has 1 saturated carbocycles. The lowest BCUT2D eigenvalue weighted by atomic mass is 9.82. The van der Waals surface area contributed by atoms with Crippen LogP contribution >= 0.6 is 0 Å². The number of alkyl halides is 2. The molecule has 0 saturated heterocycles. The minimum absolute atomic E-state index is 0.0433. The zero-order chi connectivity index (χ0) is 20.5. The van der Waals surface area contributed by atoms with Crippen molar-refractivity contribution in [1.29, 1.82) is 5.26 Å². The van der Waals surface area contributed by atoms with Gasteiger partial charge in [0.05, 0.1) is 30.4 Å². The van der Waals surface area contributed by atoms with Crippen LogP contribution < -0.4 is 10.1 Å². The quantitative estimate of drug-likeness (QED) is 0.761. The lowest BCUT2D eigenvalue weighted by Crippen LogP contribution is -2.38. The highest BCUT2D eigenvalue weighted by Crippen LogP contribution is 2.42. The number of nitrogens with one attached hydrogen (secondary N) is 1. The van der Waals surface area contributed by atoms with E-state index in [1.54, 1.807) is 27.0 Å². The molecule has 0 unspecified atom stereocenters. The molecular weight excluding hydrogens is 368 g/mol. The van der Waals surface area contributed by atoms with Gasteiger partial charge in [-0.3, -0.25) is 4.85 Å². The van der Waals surface area contributed by atoms with E-state index in [2.05, 4.69) is 25.2 Å². The Morgan fingerprint density at radius 3 is 2.82 bits per heavy atom. The van der Waals surface area contributed by atoms with Crippen LogP contribution in [0.1, 0.15) is 37.9 Å².